The Morgan fingerprint density at radius 1 is 1.52 bits per heavy atom. The Hall–Kier alpha value is -2.22. The average Bonchev–Trinajstić information content (AvgIpc) is 3.16. The van der Waals surface area contributed by atoms with Gasteiger partial charge in [-0.25, -0.2) is 0 Å². The Bertz CT molecular complexity index is 666. The van der Waals surface area contributed by atoms with Crippen molar-refractivity contribution in [2.75, 3.05) is 13.1 Å². The predicted molar refractivity (Wildman–Crippen MR) is 80.8 cm³/mol. The number of carboxylic acid groups (broad SMARTS) is 1. The van der Waals surface area contributed by atoms with Crippen molar-refractivity contribution in [2.45, 2.75) is 45.2 Å². The Balaban J connectivity index is 1.61. The molecule has 2 aromatic heterocycles. The third-order valence-corrected chi connectivity index (χ3v) is 4.07. The van der Waals surface area contributed by atoms with Crippen LogP contribution in [0.25, 0.3) is 0 Å². The topological polar surface area (TPSA) is 97.3 Å². The molecule has 1 fully saturated rings. The number of carbonyl (C=O) groups is 1. The van der Waals surface area contributed by atoms with Gasteiger partial charge >= 0.3 is 5.97 Å². The molecule has 23 heavy (non-hydrogen) atoms. The standard InChI is InChI=1S/C15H21N5O3/c1-2-13-16-14(23-18-13)9-19-6-3-4-11(8-19)12-5-7-20(17-12)10-15(21)22/h5,7,11H,2-4,6,8-10H2,1H3,(H,21,22)/t11-/m0/s1. The molecule has 0 aromatic carbocycles. The van der Waals surface area contributed by atoms with Crippen molar-refractivity contribution < 1.29 is 14.4 Å². The van der Waals surface area contributed by atoms with Gasteiger partial charge in [0.2, 0.25) is 5.89 Å². The van der Waals surface area contributed by atoms with Crippen LogP contribution in [0.1, 0.15) is 43.1 Å². The molecule has 3 heterocycles. The fourth-order valence-electron chi connectivity index (χ4n) is 2.95. The molecule has 0 aliphatic carbocycles. The predicted octanol–water partition coefficient (Wildman–Crippen LogP) is 1.29. The lowest BCUT2D eigenvalue weighted by molar-refractivity contribution is -0.137. The second-order valence-corrected chi connectivity index (χ2v) is 5.86. The molecule has 0 saturated carbocycles. The summed E-state index contributed by atoms with van der Waals surface area (Å²) in [6, 6.07) is 1.92. The highest BCUT2D eigenvalue weighted by molar-refractivity contribution is 5.66. The molecule has 0 unspecified atom stereocenters. The van der Waals surface area contributed by atoms with E-state index in [0.29, 0.717) is 18.4 Å². The molecule has 124 valence electrons. The summed E-state index contributed by atoms with van der Waals surface area (Å²) in [4.78, 5) is 17.4. The van der Waals surface area contributed by atoms with Crippen LogP contribution in [0.3, 0.4) is 0 Å². The molecule has 1 aliphatic heterocycles. The van der Waals surface area contributed by atoms with Gasteiger partial charge in [-0.1, -0.05) is 12.1 Å². The molecule has 3 rings (SSSR count). The summed E-state index contributed by atoms with van der Waals surface area (Å²) in [7, 11) is 0. The molecular weight excluding hydrogens is 298 g/mol. The van der Waals surface area contributed by atoms with Gasteiger partial charge in [0.1, 0.15) is 6.54 Å². The molecule has 8 heteroatoms. The number of aliphatic carboxylic acids is 1. The quantitative estimate of drug-likeness (QED) is 0.856. The monoisotopic (exact) mass is 319 g/mol. The molecule has 0 bridgehead atoms. The maximum absolute atomic E-state index is 10.7. The van der Waals surface area contributed by atoms with Gasteiger partial charge in [-0.15, -0.1) is 0 Å². The Morgan fingerprint density at radius 2 is 2.39 bits per heavy atom. The fraction of sp³-hybridized carbons (Fsp3) is 0.600. The maximum atomic E-state index is 10.7. The van der Waals surface area contributed by atoms with E-state index in [0.717, 1.165) is 43.9 Å². The number of carboxylic acids is 1. The van der Waals surface area contributed by atoms with Gasteiger partial charge in [-0.3, -0.25) is 14.4 Å². The van der Waals surface area contributed by atoms with Crippen LogP contribution in [0.2, 0.25) is 0 Å². The van der Waals surface area contributed by atoms with Crippen LogP contribution in [-0.2, 0) is 24.3 Å². The van der Waals surface area contributed by atoms with Crippen molar-refractivity contribution >= 4 is 5.97 Å². The molecule has 2 aromatic rings. The number of rotatable bonds is 6. The van der Waals surface area contributed by atoms with Crippen molar-refractivity contribution in [3.8, 4) is 0 Å². The largest absolute Gasteiger partial charge is 0.480 e. The minimum Gasteiger partial charge on any atom is -0.480 e. The highest BCUT2D eigenvalue weighted by atomic mass is 16.5. The molecule has 1 saturated heterocycles. The number of nitrogens with zero attached hydrogens (tertiary/aromatic N) is 5. The highest BCUT2D eigenvalue weighted by Crippen LogP contribution is 2.26. The Labute approximate surface area is 134 Å². The van der Waals surface area contributed by atoms with Crippen LogP contribution < -0.4 is 0 Å². The van der Waals surface area contributed by atoms with Gasteiger partial charge in [0.05, 0.1) is 12.2 Å². The van der Waals surface area contributed by atoms with E-state index in [9.17, 15) is 4.79 Å². The summed E-state index contributed by atoms with van der Waals surface area (Å²) < 4.78 is 6.73. The fourth-order valence-corrected chi connectivity index (χ4v) is 2.95. The van der Waals surface area contributed by atoms with Crippen molar-refractivity contribution in [1.82, 2.24) is 24.8 Å². The SMILES string of the molecule is CCc1noc(CN2CCC[C@H](c3ccn(CC(=O)O)n3)C2)n1. The molecule has 0 radical (unpaired) electrons. The lowest BCUT2D eigenvalue weighted by atomic mass is 9.95. The second kappa shape index (κ2) is 6.91. The lowest BCUT2D eigenvalue weighted by Crippen LogP contribution is -2.34. The molecule has 0 amide bonds. The zero-order valence-electron chi connectivity index (χ0n) is 13.2. The van der Waals surface area contributed by atoms with E-state index in [4.69, 9.17) is 9.63 Å². The Morgan fingerprint density at radius 3 is 3.13 bits per heavy atom. The number of aromatic nitrogens is 4. The van der Waals surface area contributed by atoms with Crippen LogP contribution in [-0.4, -0.2) is 49.0 Å². The number of likely N-dealkylation sites (tertiary alicyclic amines) is 1. The van der Waals surface area contributed by atoms with E-state index in [1.54, 1.807) is 6.20 Å². The molecular formula is C15H21N5O3. The summed E-state index contributed by atoms with van der Waals surface area (Å²) in [5.74, 6) is 0.820. The first-order valence-electron chi connectivity index (χ1n) is 7.93. The maximum Gasteiger partial charge on any atom is 0.325 e. The van der Waals surface area contributed by atoms with Crippen molar-refractivity contribution in [3.63, 3.8) is 0 Å². The van der Waals surface area contributed by atoms with E-state index in [2.05, 4.69) is 20.1 Å². The summed E-state index contributed by atoms with van der Waals surface area (Å²) in [5.41, 5.74) is 0.954. The summed E-state index contributed by atoms with van der Waals surface area (Å²) in [5, 5.41) is 17.1. The van der Waals surface area contributed by atoms with Gasteiger partial charge < -0.3 is 9.63 Å². The van der Waals surface area contributed by atoms with E-state index in [-0.39, 0.29) is 6.54 Å². The van der Waals surface area contributed by atoms with E-state index < -0.39 is 5.97 Å². The van der Waals surface area contributed by atoms with Crippen molar-refractivity contribution in [2.24, 2.45) is 0 Å². The Kier molecular flexibility index (Phi) is 4.71. The van der Waals surface area contributed by atoms with Gasteiger partial charge in [0.25, 0.3) is 0 Å². The van der Waals surface area contributed by atoms with Crippen LogP contribution >= 0.6 is 0 Å². The number of hydrogen-bond acceptors (Lipinski definition) is 6. The van der Waals surface area contributed by atoms with Crippen LogP contribution in [0.5, 0.6) is 0 Å². The van der Waals surface area contributed by atoms with Gasteiger partial charge in [-0.05, 0) is 25.5 Å². The summed E-state index contributed by atoms with van der Waals surface area (Å²) in [6.07, 6.45) is 4.64. The normalized spacial score (nSPS) is 19.1. The minimum atomic E-state index is -0.881. The van der Waals surface area contributed by atoms with E-state index >= 15 is 0 Å². The van der Waals surface area contributed by atoms with E-state index in [1.807, 2.05) is 13.0 Å². The summed E-state index contributed by atoms with van der Waals surface area (Å²) >= 11 is 0. The summed E-state index contributed by atoms with van der Waals surface area (Å²) in [6.45, 7) is 4.42. The van der Waals surface area contributed by atoms with Crippen LogP contribution in [0.15, 0.2) is 16.8 Å². The van der Waals surface area contributed by atoms with E-state index in [1.165, 1.54) is 4.68 Å². The minimum absolute atomic E-state index is 0.0990. The number of aryl methyl sites for hydroxylation is 1. The molecule has 1 aliphatic rings. The first kappa shape index (κ1) is 15.7. The average molecular weight is 319 g/mol. The van der Waals surface area contributed by atoms with Gasteiger partial charge in [0.15, 0.2) is 5.82 Å². The van der Waals surface area contributed by atoms with Crippen molar-refractivity contribution in [1.29, 1.82) is 0 Å². The lowest BCUT2D eigenvalue weighted by Gasteiger charge is -2.30. The second-order valence-electron chi connectivity index (χ2n) is 5.86. The zero-order valence-corrected chi connectivity index (χ0v) is 13.2. The van der Waals surface area contributed by atoms with Gasteiger partial charge in [0, 0.05) is 25.1 Å². The number of hydrogen-bond donors (Lipinski definition) is 1. The zero-order chi connectivity index (χ0) is 16.2. The first-order valence-corrected chi connectivity index (χ1v) is 7.93. The number of piperidine rings is 1. The third-order valence-electron chi connectivity index (χ3n) is 4.07. The molecule has 0 spiro atoms. The van der Waals surface area contributed by atoms with Crippen molar-refractivity contribution in [3.05, 3.63) is 29.7 Å². The van der Waals surface area contributed by atoms with Crippen LogP contribution in [0, 0.1) is 0 Å². The molecule has 8 nitrogen and oxygen atoms in total. The first-order chi connectivity index (χ1) is 11.1. The van der Waals surface area contributed by atoms with Gasteiger partial charge in [-0.2, -0.15) is 10.1 Å². The molecule has 1 atom stereocenters. The smallest absolute Gasteiger partial charge is 0.325 e. The molecule has 1 N–H and O–H groups in total. The third kappa shape index (κ3) is 3.95. The van der Waals surface area contributed by atoms with Crippen LogP contribution in [0.4, 0.5) is 0 Å². The highest BCUT2D eigenvalue weighted by Gasteiger charge is 2.24.